The number of nitrogens with zero attached hydrogens (tertiary/aromatic N) is 2. The van der Waals surface area contributed by atoms with Crippen molar-refractivity contribution < 1.29 is 9.53 Å². The molecule has 0 N–H and O–H groups in total. The molecule has 1 aliphatic heterocycles. The zero-order valence-corrected chi connectivity index (χ0v) is 8.79. The van der Waals surface area contributed by atoms with E-state index in [2.05, 4.69) is 9.55 Å². The third-order valence-electron chi connectivity index (χ3n) is 2.48. The molecule has 1 aliphatic rings. The third-order valence-corrected chi connectivity index (χ3v) is 2.48. The summed E-state index contributed by atoms with van der Waals surface area (Å²) in [5, 5.41) is 0. The number of esters is 1. The lowest BCUT2D eigenvalue weighted by molar-refractivity contribution is -0.146. The van der Waals surface area contributed by atoms with Crippen molar-refractivity contribution in [2.45, 2.75) is 19.4 Å². The number of aromatic nitrogens is 2. The molecule has 0 aromatic carbocycles. The normalized spacial score (nSPS) is 19.4. The monoisotopic (exact) mass is 216 g/mol. The van der Waals surface area contributed by atoms with Gasteiger partial charge in [-0.3, -0.25) is 4.79 Å². The second kappa shape index (κ2) is 4.46. The van der Waals surface area contributed by atoms with Crippen LogP contribution in [0.3, 0.4) is 0 Å². The molecule has 0 fully saturated rings. The van der Waals surface area contributed by atoms with Crippen LogP contribution in [-0.4, -0.2) is 22.6 Å². The lowest BCUT2D eigenvalue weighted by Gasteiger charge is -2.20. The van der Waals surface area contributed by atoms with Crippen LogP contribution in [0, 0.1) is 5.92 Å². The van der Waals surface area contributed by atoms with Crippen LogP contribution >= 0.6 is 12.4 Å². The van der Waals surface area contributed by atoms with E-state index in [9.17, 15) is 4.79 Å². The predicted molar refractivity (Wildman–Crippen MR) is 53.3 cm³/mol. The maximum Gasteiger partial charge on any atom is 0.309 e. The topological polar surface area (TPSA) is 44.1 Å². The van der Waals surface area contributed by atoms with Crippen molar-refractivity contribution in [3.8, 4) is 0 Å². The van der Waals surface area contributed by atoms with Crippen molar-refractivity contribution in [2.75, 3.05) is 7.11 Å². The number of methoxy groups -OCH3 is 1. The molecule has 14 heavy (non-hydrogen) atoms. The van der Waals surface area contributed by atoms with Crippen molar-refractivity contribution in [3.63, 3.8) is 0 Å². The number of fused-ring (bicyclic) bond motifs is 1. The summed E-state index contributed by atoms with van der Waals surface area (Å²) >= 11 is 0. The van der Waals surface area contributed by atoms with Gasteiger partial charge in [-0.25, -0.2) is 4.98 Å². The van der Waals surface area contributed by atoms with Gasteiger partial charge in [0.2, 0.25) is 0 Å². The van der Waals surface area contributed by atoms with Gasteiger partial charge in [-0.1, -0.05) is 0 Å². The van der Waals surface area contributed by atoms with Gasteiger partial charge in [-0.15, -0.1) is 12.4 Å². The average molecular weight is 217 g/mol. The zero-order chi connectivity index (χ0) is 9.26. The molecule has 0 amide bonds. The minimum absolute atomic E-state index is 0. The largest absolute Gasteiger partial charge is 0.469 e. The first-order valence-electron chi connectivity index (χ1n) is 4.39. The quantitative estimate of drug-likeness (QED) is 0.659. The van der Waals surface area contributed by atoms with E-state index in [1.165, 1.54) is 7.11 Å². The van der Waals surface area contributed by atoms with E-state index in [-0.39, 0.29) is 24.3 Å². The number of carbonyl (C=O) groups excluding carboxylic acids is 1. The third kappa shape index (κ3) is 1.90. The second-order valence-corrected chi connectivity index (χ2v) is 3.25. The molecule has 0 aliphatic carbocycles. The molecule has 0 radical (unpaired) electrons. The minimum Gasteiger partial charge on any atom is -0.469 e. The number of rotatable bonds is 1. The molecule has 1 aromatic heterocycles. The summed E-state index contributed by atoms with van der Waals surface area (Å²) in [6.45, 7) is 0.870. The highest BCUT2D eigenvalue weighted by Gasteiger charge is 2.25. The molecular formula is C9H13ClN2O2. The number of ether oxygens (including phenoxy) is 1. The van der Waals surface area contributed by atoms with Crippen LogP contribution in [0.1, 0.15) is 12.2 Å². The second-order valence-electron chi connectivity index (χ2n) is 3.25. The van der Waals surface area contributed by atoms with E-state index >= 15 is 0 Å². The first-order chi connectivity index (χ1) is 6.31. The van der Waals surface area contributed by atoms with Crippen LogP contribution in [-0.2, 0) is 22.5 Å². The first kappa shape index (κ1) is 11.0. The van der Waals surface area contributed by atoms with Crippen LogP contribution in [0.4, 0.5) is 0 Å². The van der Waals surface area contributed by atoms with Gasteiger partial charge in [0.25, 0.3) is 0 Å². The summed E-state index contributed by atoms with van der Waals surface area (Å²) in [7, 11) is 1.43. The molecule has 1 unspecified atom stereocenters. The Balaban J connectivity index is 0.000000980. The first-order valence-corrected chi connectivity index (χ1v) is 4.39. The summed E-state index contributed by atoms with van der Waals surface area (Å²) < 4.78 is 6.79. The van der Waals surface area contributed by atoms with Crippen LogP contribution in [0.25, 0.3) is 0 Å². The number of carbonyl (C=O) groups is 1. The Bertz CT molecular complexity index is 324. The van der Waals surface area contributed by atoms with Gasteiger partial charge < -0.3 is 9.30 Å². The molecule has 1 atom stereocenters. The number of hydrogen-bond acceptors (Lipinski definition) is 3. The van der Waals surface area contributed by atoms with Gasteiger partial charge in [-0.05, 0) is 6.42 Å². The van der Waals surface area contributed by atoms with Gasteiger partial charge in [0.15, 0.2) is 0 Å². The van der Waals surface area contributed by atoms with Crippen LogP contribution < -0.4 is 0 Å². The molecular weight excluding hydrogens is 204 g/mol. The van der Waals surface area contributed by atoms with E-state index in [1.807, 2.05) is 6.20 Å². The van der Waals surface area contributed by atoms with E-state index in [1.54, 1.807) is 6.20 Å². The highest BCUT2D eigenvalue weighted by atomic mass is 35.5. The van der Waals surface area contributed by atoms with Gasteiger partial charge in [0.05, 0.1) is 13.0 Å². The molecule has 4 nitrogen and oxygen atoms in total. The standard InChI is InChI=1S/C9H12N2O2.ClH/c1-13-9(12)7-2-4-11-5-3-10-8(11)6-7;/h3,5,7H,2,4,6H2,1H3;1H. The number of halogens is 1. The molecule has 78 valence electrons. The lowest BCUT2D eigenvalue weighted by Crippen LogP contribution is -2.26. The Kier molecular flexibility index (Phi) is 3.52. The van der Waals surface area contributed by atoms with E-state index < -0.39 is 0 Å². The van der Waals surface area contributed by atoms with Crippen molar-refractivity contribution in [3.05, 3.63) is 18.2 Å². The van der Waals surface area contributed by atoms with E-state index in [4.69, 9.17) is 4.74 Å². The van der Waals surface area contributed by atoms with Crippen LogP contribution in [0.2, 0.25) is 0 Å². The Morgan fingerprint density at radius 2 is 2.50 bits per heavy atom. The maximum absolute atomic E-state index is 11.2. The fourth-order valence-electron chi connectivity index (χ4n) is 1.72. The van der Waals surface area contributed by atoms with Crippen molar-refractivity contribution in [2.24, 2.45) is 5.92 Å². The lowest BCUT2D eigenvalue weighted by atomic mass is 9.98. The Hall–Kier alpha value is -1.03. The molecule has 0 saturated heterocycles. The SMILES string of the molecule is COC(=O)C1CCn2ccnc2C1.Cl. The van der Waals surface area contributed by atoms with E-state index in [0.717, 1.165) is 18.8 Å². The molecule has 0 spiro atoms. The van der Waals surface area contributed by atoms with Crippen LogP contribution in [0.15, 0.2) is 12.4 Å². The molecule has 0 bridgehead atoms. The number of aryl methyl sites for hydroxylation is 1. The predicted octanol–water partition coefficient (Wildman–Crippen LogP) is 1.04. The van der Waals surface area contributed by atoms with Crippen molar-refractivity contribution >= 4 is 18.4 Å². The Morgan fingerprint density at radius 3 is 3.21 bits per heavy atom. The summed E-state index contributed by atoms with van der Waals surface area (Å²) in [4.78, 5) is 15.4. The fourth-order valence-corrected chi connectivity index (χ4v) is 1.72. The summed E-state index contributed by atoms with van der Waals surface area (Å²) in [5.74, 6) is 0.871. The fraction of sp³-hybridized carbons (Fsp3) is 0.556. The smallest absolute Gasteiger partial charge is 0.309 e. The molecule has 2 heterocycles. The average Bonchev–Trinajstić information content (AvgIpc) is 2.63. The Labute approximate surface area is 88.7 Å². The van der Waals surface area contributed by atoms with E-state index in [0.29, 0.717) is 6.42 Å². The number of imidazole rings is 1. The van der Waals surface area contributed by atoms with Crippen molar-refractivity contribution in [1.29, 1.82) is 0 Å². The zero-order valence-electron chi connectivity index (χ0n) is 7.97. The van der Waals surface area contributed by atoms with Gasteiger partial charge in [-0.2, -0.15) is 0 Å². The molecule has 2 rings (SSSR count). The molecule has 5 heteroatoms. The van der Waals surface area contributed by atoms with Crippen molar-refractivity contribution in [1.82, 2.24) is 9.55 Å². The summed E-state index contributed by atoms with van der Waals surface area (Å²) in [6.07, 6.45) is 5.29. The molecule has 0 saturated carbocycles. The number of hydrogen-bond donors (Lipinski definition) is 0. The van der Waals surface area contributed by atoms with Gasteiger partial charge >= 0.3 is 5.97 Å². The summed E-state index contributed by atoms with van der Waals surface area (Å²) in [6, 6.07) is 0. The molecule has 1 aromatic rings. The minimum atomic E-state index is -0.116. The highest BCUT2D eigenvalue weighted by Crippen LogP contribution is 2.19. The van der Waals surface area contributed by atoms with Gasteiger partial charge in [0, 0.05) is 25.4 Å². The van der Waals surface area contributed by atoms with Gasteiger partial charge in [0.1, 0.15) is 5.82 Å². The maximum atomic E-state index is 11.2. The highest BCUT2D eigenvalue weighted by molar-refractivity contribution is 5.85. The summed E-state index contributed by atoms with van der Waals surface area (Å²) in [5.41, 5.74) is 0. The Morgan fingerprint density at radius 1 is 1.71 bits per heavy atom. The van der Waals surface area contributed by atoms with Crippen LogP contribution in [0.5, 0.6) is 0 Å².